The molecule has 1 nitrogen and oxygen atoms in total. The summed E-state index contributed by atoms with van der Waals surface area (Å²) in [6, 6.07) is 27.9. The van der Waals surface area contributed by atoms with Gasteiger partial charge < -0.3 is 4.57 Å². The van der Waals surface area contributed by atoms with E-state index in [1.54, 1.807) is 0 Å². The van der Waals surface area contributed by atoms with Crippen LogP contribution in [0.25, 0.3) is 0 Å². The summed E-state index contributed by atoms with van der Waals surface area (Å²) in [5.41, 5.74) is 1.11. The number of benzene rings is 3. The average molecular weight is 418 g/mol. The van der Waals surface area contributed by atoms with E-state index in [0.717, 1.165) is 19.7 Å². The molecule has 22 heavy (non-hydrogen) atoms. The van der Waals surface area contributed by atoms with E-state index in [2.05, 4.69) is 22.6 Å². The maximum atomic E-state index is 14.0. The first-order chi connectivity index (χ1) is 10.7. The first-order valence-electron chi connectivity index (χ1n) is 7.14. The third-order valence-corrected chi connectivity index (χ3v) is 8.14. The number of hydrogen-bond donors (Lipinski definition) is 0. The Morgan fingerprint density at radius 3 is 1.91 bits per heavy atom. The van der Waals surface area contributed by atoms with Crippen molar-refractivity contribution in [3.05, 3.63) is 94.1 Å². The van der Waals surface area contributed by atoms with E-state index in [4.69, 9.17) is 0 Å². The van der Waals surface area contributed by atoms with E-state index in [9.17, 15) is 4.57 Å². The molecule has 0 saturated carbocycles. The molecular weight excluding hydrogens is 402 g/mol. The Hall–Kier alpha value is -1.38. The summed E-state index contributed by atoms with van der Waals surface area (Å²) in [6.07, 6.45) is 0.553. The van der Waals surface area contributed by atoms with Crippen LogP contribution in [0.1, 0.15) is 5.56 Å². The maximum absolute atomic E-state index is 14.0. The highest BCUT2D eigenvalue weighted by Gasteiger charge is 2.29. The first-order valence-corrected chi connectivity index (χ1v) is 10.1. The van der Waals surface area contributed by atoms with E-state index in [0.29, 0.717) is 6.16 Å². The second kappa shape index (κ2) is 6.80. The van der Waals surface area contributed by atoms with Crippen LogP contribution < -0.4 is 10.6 Å². The number of halogens is 1. The van der Waals surface area contributed by atoms with Crippen LogP contribution in [0.5, 0.6) is 0 Å². The third kappa shape index (κ3) is 3.18. The van der Waals surface area contributed by atoms with Gasteiger partial charge in [-0.1, -0.05) is 78.9 Å². The summed E-state index contributed by atoms with van der Waals surface area (Å²) in [7, 11) is -2.69. The molecule has 0 saturated heterocycles. The normalized spacial score (nSPS) is 13.5. The van der Waals surface area contributed by atoms with Crippen molar-refractivity contribution >= 4 is 40.3 Å². The van der Waals surface area contributed by atoms with Crippen molar-refractivity contribution < 1.29 is 4.57 Å². The van der Waals surface area contributed by atoms with Crippen LogP contribution in [0.15, 0.2) is 84.9 Å². The maximum Gasteiger partial charge on any atom is 0.148 e. The molecule has 0 aliphatic rings. The predicted molar refractivity (Wildman–Crippen MR) is 103 cm³/mol. The summed E-state index contributed by atoms with van der Waals surface area (Å²) in [6.45, 7) is 0. The highest BCUT2D eigenvalue weighted by molar-refractivity contribution is 14.1. The van der Waals surface area contributed by atoms with Crippen LogP contribution in [0.3, 0.4) is 0 Å². The third-order valence-electron chi connectivity index (χ3n) is 3.66. The lowest BCUT2D eigenvalue weighted by Gasteiger charge is -2.20. The topological polar surface area (TPSA) is 17.1 Å². The minimum Gasteiger partial charge on any atom is -0.313 e. The van der Waals surface area contributed by atoms with Crippen LogP contribution in [0, 0.1) is 3.57 Å². The van der Waals surface area contributed by atoms with E-state index in [1.165, 1.54) is 0 Å². The zero-order chi connectivity index (χ0) is 15.4. The first kappa shape index (κ1) is 15.5. The van der Waals surface area contributed by atoms with Gasteiger partial charge in [-0.2, -0.15) is 0 Å². The van der Waals surface area contributed by atoms with Crippen molar-refractivity contribution in [2.24, 2.45) is 0 Å². The van der Waals surface area contributed by atoms with Crippen LogP contribution in [0.2, 0.25) is 0 Å². The number of hydrogen-bond acceptors (Lipinski definition) is 1. The summed E-state index contributed by atoms with van der Waals surface area (Å²) in [5, 5.41) is 1.87. The Kier molecular flexibility index (Phi) is 4.80. The molecule has 0 aliphatic carbocycles. The van der Waals surface area contributed by atoms with Gasteiger partial charge in [0.1, 0.15) is 7.14 Å². The van der Waals surface area contributed by atoms with Gasteiger partial charge in [-0.3, -0.25) is 0 Å². The van der Waals surface area contributed by atoms with E-state index in [1.807, 2.05) is 84.9 Å². The predicted octanol–water partition coefficient (Wildman–Crippen LogP) is 4.81. The highest BCUT2D eigenvalue weighted by atomic mass is 127. The molecule has 0 radical (unpaired) electrons. The van der Waals surface area contributed by atoms with Crippen molar-refractivity contribution in [1.82, 2.24) is 0 Å². The summed E-state index contributed by atoms with van der Waals surface area (Å²) < 4.78 is 15.1. The van der Waals surface area contributed by atoms with Gasteiger partial charge in [-0.25, -0.2) is 0 Å². The van der Waals surface area contributed by atoms with Crippen molar-refractivity contribution in [2.45, 2.75) is 6.16 Å². The Labute approximate surface area is 144 Å². The highest BCUT2D eigenvalue weighted by Crippen LogP contribution is 2.47. The molecular formula is C19H16IOP. The fourth-order valence-electron chi connectivity index (χ4n) is 2.57. The van der Waals surface area contributed by atoms with Gasteiger partial charge in [0, 0.05) is 20.3 Å². The Bertz CT molecular complexity index is 800. The Morgan fingerprint density at radius 1 is 0.727 bits per heavy atom. The minimum absolute atomic E-state index is 0.553. The van der Waals surface area contributed by atoms with Crippen LogP contribution in [-0.2, 0) is 10.7 Å². The molecule has 110 valence electrons. The van der Waals surface area contributed by atoms with Crippen LogP contribution >= 0.6 is 29.7 Å². The van der Waals surface area contributed by atoms with Gasteiger partial charge >= 0.3 is 0 Å². The van der Waals surface area contributed by atoms with Crippen LogP contribution in [-0.4, -0.2) is 0 Å². The van der Waals surface area contributed by atoms with E-state index >= 15 is 0 Å². The lowest BCUT2D eigenvalue weighted by atomic mass is 10.2. The van der Waals surface area contributed by atoms with Gasteiger partial charge in [0.05, 0.1) is 0 Å². The standard InChI is InChI=1S/C19H16IOP/c20-18-13-7-8-14-19(18)22(21,17-11-5-2-6-12-17)15-16-9-3-1-4-10-16/h1-14H,15H2/t22-/m1/s1. The van der Waals surface area contributed by atoms with Gasteiger partial charge in [-0.05, 0) is 34.2 Å². The molecule has 0 heterocycles. The average Bonchev–Trinajstić information content (AvgIpc) is 2.57. The minimum atomic E-state index is -2.69. The van der Waals surface area contributed by atoms with Gasteiger partial charge in [0.15, 0.2) is 0 Å². The lowest BCUT2D eigenvalue weighted by molar-refractivity contribution is 0.586. The smallest absolute Gasteiger partial charge is 0.148 e. The molecule has 3 rings (SSSR count). The molecule has 0 aliphatic heterocycles. The zero-order valence-electron chi connectivity index (χ0n) is 12.0. The Balaban J connectivity index is 2.15. The molecule has 3 aromatic rings. The SMILES string of the molecule is O=[P@](Cc1ccccc1)(c1ccccc1)c1ccccc1I. The van der Waals surface area contributed by atoms with Gasteiger partial charge in [-0.15, -0.1) is 0 Å². The molecule has 0 bridgehead atoms. The fourth-order valence-corrected chi connectivity index (χ4v) is 6.88. The van der Waals surface area contributed by atoms with Crippen molar-refractivity contribution in [3.63, 3.8) is 0 Å². The molecule has 0 fully saturated rings. The number of rotatable bonds is 4. The van der Waals surface area contributed by atoms with Crippen molar-refractivity contribution in [1.29, 1.82) is 0 Å². The monoisotopic (exact) mass is 418 g/mol. The molecule has 3 aromatic carbocycles. The Morgan fingerprint density at radius 2 is 1.27 bits per heavy atom. The fraction of sp³-hybridized carbons (Fsp3) is 0.0526. The molecule has 3 heteroatoms. The molecule has 0 unspecified atom stereocenters. The molecule has 0 amide bonds. The van der Waals surface area contributed by atoms with Crippen molar-refractivity contribution in [3.8, 4) is 0 Å². The second-order valence-electron chi connectivity index (χ2n) is 5.17. The van der Waals surface area contributed by atoms with Gasteiger partial charge in [0.2, 0.25) is 0 Å². The summed E-state index contributed by atoms with van der Waals surface area (Å²) in [5.74, 6) is 0. The van der Waals surface area contributed by atoms with Gasteiger partial charge in [0.25, 0.3) is 0 Å². The molecule has 1 atom stereocenters. The zero-order valence-corrected chi connectivity index (χ0v) is 15.1. The van der Waals surface area contributed by atoms with Crippen molar-refractivity contribution in [2.75, 3.05) is 0 Å². The second-order valence-corrected chi connectivity index (χ2v) is 9.13. The largest absolute Gasteiger partial charge is 0.313 e. The van der Waals surface area contributed by atoms with E-state index in [-0.39, 0.29) is 0 Å². The molecule has 0 aromatic heterocycles. The van der Waals surface area contributed by atoms with Crippen LogP contribution in [0.4, 0.5) is 0 Å². The quantitative estimate of drug-likeness (QED) is 0.439. The molecule has 0 spiro atoms. The molecule has 0 N–H and O–H groups in total. The lowest BCUT2D eigenvalue weighted by Crippen LogP contribution is -2.19. The van der Waals surface area contributed by atoms with E-state index < -0.39 is 7.14 Å². The summed E-state index contributed by atoms with van der Waals surface area (Å²) in [4.78, 5) is 0. The summed E-state index contributed by atoms with van der Waals surface area (Å²) >= 11 is 2.28.